The number of carbonyl (C=O) groups is 2. The zero-order chi connectivity index (χ0) is 15.7. The van der Waals surface area contributed by atoms with Crippen LogP contribution in [0.5, 0.6) is 0 Å². The van der Waals surface area contributed by atoms with Crippen molar-refractivity contribution in [2.45, 2.75) is 52.4 Å². The summed E-state index contributed by atoms with van der Waals surface area (Å²) in [5.41, 5.74) is -0.0696. The van der Waals surface area contributed by atoms with Crippen LogP contribution in [-0.4, -0.2) is 30.2 Å². The van der Waals surface area contributed by atoms with Crippen LogP contribution in [0.4, 0.5) is 4.79 Å². The van der Waals surface area contributed by atoms with Gasteiger partial charge in [-0.15, -0.1) is 0 Å². The number of rotatable bonds is 8. The third-order valence-electron chi connectivity index (χ3n) is 4.03. The van der Waals surface area contributed by atoms with Gasteiger partial charge in [-0.3, -0.25) is 4.79 Å². The standard InChI is InChI=1S/C16H28N2O3/c1-16(2,9-8-14(19)20)10-11-17-15(21)18-12-13-6-4-3-5-7-13/h3-4,13H,5-12H2,1-2H3,(H,19,20)(H2,17,18,21). The Hall–Kier alpha value is -1.52. The zero-order valence-corrected chi connectivity index (χ0v) is 13.2. The van der Waals surface area contributed by atoms with E-state index in [4.69, 9.17) is 5.11 Å². The summed E-state index contributed by atoms with van der Waals surface area (Å²) < 4.78 is 0. The van der Waals surface area contributed by atoms with Gasteiger partial charge in [-0.25, -0.2) is 4.79 Å². The fourth-order valence-electron chi connectivity index (χ4n) is 2.43. The molecule has 0 spiro atoms. The lowest BCUT2D eigenvalue weighted by Crippen LogP contribution is -2.39. The molecule has 2 amide bonds. The average Bonchev–Trinajstić information content (AvgIpc) is 2.44. The van der Waals surface area contributed by atoms with Gasteiger partial charge >= 0.3 is 12.0 Å². The summed E-state index contributed by atoms with van der Waals surface area (Å²) in [4.78, 5) is 22.3. The highest BCUT2D eigenvalue weighted by Gasteiger charge is 2.19. The second-order valence-corrected chi connectivity index (χ2v) is 6.60. The third-order valence-corrected chi connectivity index (χ3v) is 4.03. The zero-order valence-electron chi connectivity index (χ0n) is 13.2. The summed E-state index contributed by atoms with van der Waals surface area (Å²) in [5, 5.41) is 14.5. The van der Waals surface area contributed by atoms with Gasteiger partial charge in [0.2, 0.25) is 0 Å². The van der Waals surface area contributed by atoms with E-state index in [1.165, 1.54) is 0 Å². The van der Waals surface area contributed by atoms with Gasteiger partial charge in [0.05, 0.1) is 0 Å². The number of allylic oxidation sites excluding steroid dienone is 2. The number of nitrogens with one attached hydrogen (secondary N) is 2. The van der Waals surface area contributed by atoms with Crippen LogP contribution in [0, 0.1) is 11.3 Å². The van der Waals surface area contributed by atoms with Gasteiger partial charge in [-0.2, -0.15) is 0 Å². The van der Waals surface area contributed by atoms with E-state index in [2.05, 4.69) is 22.8 Å². The summed E-state index contributed by atoms with van der Waals surface area (Å²) in [5.74, 6) is -0.219. The molecule has 5 heteroatoms. The molecule has 3 N–H and O–H groups in total. The quantitative estimate of drug-likeness (QED) is 0.603. The number of carboxylic acids is 1. The Morgan fingerprint density at radius 1 is 1.24 bits per heavy atom. The van der Waals surface area contributed by atoms with E-state index in [0.29, 0.717) is 18.9 Å². The van der Waals surface area contributed by atoms with Crippen molar-refractivity contribution in [3.63, 3.8) is 0 Å². The molecule has 1 aliphatic carbocycles. The van der Waals surface area contributed by atoms with Crippen molar-refractivity contribution in [2.24, 2.45) is 11.3 Å². The molecule has 0 aromatic carbocycles. The predicted octanol–water partition coefficient (Wildman–Crippen LogP) is 2.92. The Balaban J connectivity index is 2.11. The number of hydrogen-bond acceptors (Lipinski definition) is 2. The van der Waals surface area contributed by atoms with E-state index in [9.17, 15) is 9.59 Å². The van der Waals surface area contributed by atoms with Crippen LogP contribution >= 0.6 is 0 Å². The van der Waals surface area contributed by atoms with Crippen molar-refractivity contribution in [1.29, 1.82) is 0 Å². The van der Waals surface area contributed by atoms with E-state index in [1.54, 1.807) is 0 Å². The SMILES string of the molecule is CC(C)(CCNC(=O)NCC1CC=CCC1)CCC(=O)O. The highest BCUT2D eigenvalue weighted by molar-refractivity contribution is 5.73. The molecular formula is C16H28N2O3. The summed E-state index contributed by atoms with van der Waals surface area (Å²) in [6.07, 6.45) is 9.23. The molecule has 0 aromatic rings. The van der Waals surface area contributed by atoms with Gasteiger partial charge in [0.25, 0.3) is 0 Å². The van der Waals surface area contributed by atoms with Gasteiger partial charge in [-0.1, -0.05) is 26.0 Å². The first-order valence-corrected chi connectivity index (χ1v) is 7.77. The van der Waals surface area contributed by atoms with Crippen LogP contribution in [0.25, 0.3) is 0 Å². The number of aliphatic carboxylic acids is 1. The molecule has 1 atom stereocenters. The topological polar surface area (TPSA) is 78.4 Å². The lowest BCUT2D eigenvalue weighted by atomic mass is 9.84. The summed E-state index contributed by atoms with van der Waals surface area (Å²) in [7, 11) is 0. The van der Waals surface area contributed by atoms with Crippen molar-refractivity contribution in [3.05, 3.63) is 12.2 Å². The monoisotopic (exact) mass is 296 g/mol. The van der Waals surface area contributed by atoms with Crippen LogP contribution in [0.15, 0.2) is 12.2 Å². The first-order chi connectivity index (χ1) is 9.89. The lowest BCUT2D eigenvalue weighted by molar-refractivity contribution is -0.137. The molecule has 1 rings (SSSR count). The van der Waals surface area contributed by atoms with E-state index in [1.807, 2.05) is 13.8 Å². The molecule has 1 unspecified atom stereocenters. The fraction of sp³-hybridized carbons (Fsp3) is 0.750. The molecule has 0 heterocycles. The van der Waals surface area contributed by atoms with Crippen molar-refractivity contribution in [2.75, 3.05) is 13.1 Å². The summed E-state index contributed by atoms with van der Waals surface area (Å²) >= 11 is 0. The molecule has 0 radical (unpaired) electrons. The minimum atomic E-state index is -0.768. The molecule has 0 saturated heterocycles. The number of carboxylic acid groups (broad SMARTS) is 1. The van der Waals surface area contributed by atoms with Crippen LogP contribution in [0.3, 0.4) is 0 Å². The smallest absolute Gasteiger partial charge is 0.314 e. The van der Waals surface area contributed by atoms with Crippen LogP contribution < -0.4 is 10.6 Å². The summed E-state index contributed by atoms with van der Waals surface area (Å²) in [6, 6.07) is -0.126. The van der Waals surface area contributed by atoms with Crippen molar-refractivity contribution in [1.82, 2.24) is 10.6 Å². The maximum absolute atomic E-state index is 11.7. The molecule has 21 heavy (non-hydrogen) atoms. The maximum Gasteiger partial charge on any atom is 0.314 e. The van der Waals surface area contributed by atoms with Gasteiger partial charge < -0.3 is 15.7 Å². The average molecular weight is 296 g/mol. The predicted molar refractivity (Wildman–Crippen MR) is 83.2 cm³/mol. The number of urea groups is 1. The van der Waals surface area contributed by atoms with Gasteiger partial charge in [-0.05, 0) is 43.4 Å². The van der Waals surface area contributed by atoms with E-state index >= 15 is 0 Å². The highest BCUT2D eigenvalue weighted by Crippen LogP contribution is 2.25. The number of carbonyl (C=O) groups excluding carboxylic acids is 1. The minimum Gasteiger partial charge on any atom is -0.481 e. The summed E-state index contributed by atoms with van der Waals surface area (Å²) in [6.45, 7) is 5.36. The first kappa shape index (κ1) is 17.5. The number of hydrogen-bond donors (Lipinski definition) is 3. The fourth-order valence-corrected chi connectivity index (χ4v) is 2.43. The second kappa shape index (κ2) is 8.70. The number of amides is 2. The van der Waals surface area contributed by atoms with Gasteiger partial charge in [0.1, 0.15) is 0 Å². The van der Waals surface area contributed by atoms with E-state index < -0.39 is 5.97 Å². The van der Waals surface area contributed by atoms with Crippen LogP contribution in [0.2, 0.25) is 0 Å². The van der Waals surface area contributed by atoms with Crippen molar-refractivity contribution in [3.8, 4) is 0 Å². The van der Waals surface area contributed by atoms with Gasteiger partial charge in [0, 0.05) is 19.5 Å². The molecule has 0 aromatic heterocycles. The molecule has 1 aliphatic rings. The van der Waals surface area contributed by atoms with Crippen LogP contribution in [0.1, 0.15) is 52.4 Å². The minimum absolute atomic E-state index is 0.0696. The van der Waals surface area contributed by atoms with Crippen LogP contribution in [-0.2, 0) is 4.79 Å². The second-order valence-electron chi connectivity index (χ2n) is 6.60. The van der Waals surface area contributed by atoms with Crippen molar-refractivity contribution < 1.29 is 14.7 Å². The van der Waals surface area contributed by atoms with Crippen molar-refractivity contribution >= 4 is 12.0 Å². The lowest BCUT2D eigenvalue weighted by Gasteiger charge is -2.24. The van der Waals surface area contributed by atoms with E-state index in [-0.39, 0.29) is 17.9 Å². The Morgan fingerprint density at radius 3 is 2.62 bits per heavy atom. The first-order valence-electron chi connectivity index (χ1n) is 7.77. The largest absolute Gasteiger partial charge is 0.481 e. The Labute approximate surface area is 127 Å². The maximum atomic E-state index is 11.7. The molecule has 120 valence electrons. The molecule has 0 aliphatic heterocycles. The molecule has 0 fully saturated rings. The third kappa shape index (κ3) is 8.38. The molecule has 0 bridgehead atoms. The Morgan fingerprint density at radius 2 is 2.00 bits per heavy atom. The highest BCUT2D eigenvalue weighted by atomic mass is 16.4. The Kier molecular flexibility index (Phi) is 7.26. The molecule has 5 nitrogen and oxygen atoms in total. The van der Waals surface area contributed by atoms with E-state index in [0.717, 1.165) is 32.2 Å². The molecular weight excluding hydrogens is 268 g/mol. The molecule has 0 saturated carbocycles. The normalized spacial score (nSPS) is 18.3. The van der Waals surface area contributed by atoms with Gasteiger partial charge in [0.15, 0.2) is 0 Å². The Bertz CT molecular complexity index is 378.